The van der Waals surface area contributed by atoms with Crippen molar-refractivity contribution in [3.05, 3.63) is 0 Å². The van der Waals surface area contributed by atoms with E-state index in [1.165, 1.54) is 12.8 Å². The molecule has 0 aliphatic heterocycles. The van der Waals surface area contributed by atoms with E-state index in [4.69, 9.17) is 5.11 Å². The number of nitrogens with zero attached hydrogens (tertiary/aromatic N) is 1. The van der Waals surface area contributed by atoms with Crippen molar-refractivity contribution in [1.82, 2.24) is 10.2 Å². The largest absolute Gasteiger partial charge is 0.480 e. The van der Waals surface area contributed by atoms with E-state index in [2.05, 4.69) is 5.32 Å². The summed E-state index contributed by atoms with van der Waals surface area (Å²) < 4.78 is 0. The van der Waals surface area contributed by atoms with Crippen LogP contribution in [0.4, 0.5) is 4.79 Å². The van der Waals surface area contributed by atoms with Gasteiger partial charge in [-0.2, -0.15) is 0 Å². The van der Waals surface area contributed by atoms with Crippen LogP contribution in [0.25, 0.3) is 0 Å². The predicted molar refractivity (Wildman–Crippen MR) is 64.8 cm³/mol. The number of carbonyl (C=O) groups is 2. The maximum atomic E-state index is 11.9. The molecule has 1 saturated carbocycles. The number of hydrogen-bond donors (Lipinski definition) is 2. The van der Waals surface area contributed by atoms with E-state index in [-0.39, 0.29) is 11.9 Å². The van der Waals surface area contributed by atoms with Crippen molar-refractivity contribution in [3.63, 3.8) is 0 Å². The first-order chi connectivity index (χ1) is 7.95. The summed E-state index contributed by atoms with van der Waals surface area (Å²) in [6.45, 7) is 6.85. The lowest BCUT2D eigenvalue weighted by molar-refractivity contribution is -0.140. The van der Waals surface area contributed by atoms with Crippen LogP contribution in [0.3, 0.4) is 0 Å². The van der Waals surface area contributed by atoms with Crippen LogP contribution in [0.15, 0.2) is 0 Å². The zero-order chi connectivity index (χ0) is 13.0. The molecule has 0 aromatic heterocycles. The molecule has 0 aromatic rings. The van der Waals surface area contributed by atoms with Crippen LogP contribution >= 0.6 is 0 Å². The lowest BCUT2D eigenvalue weighted by atomic mass is 10.1. The summed E-state index contributed by atoms with van der Waals surface area (Å²) in [6, 6.07) is -1.07. The van der Waals surface area contributed by atoms with Crippen LogP contribution in [0.2, 0.25) is 0 Å². The molecule has 1 unspecified atom stereocenters. The van der Waals surface area contributed by atoms with E-state index in [1.54, 1.807) is 18.7 Å². The quantitative estimate of drug-likeness (QED) is 0.742. The van der Waals surface area contributed by atoms with Gasteiger partial charge in [-0.1, -0.05) is 13.8 Å². The van der Waals surface area contributed by atoms with Crippen LogP contribution < -0.4 is 5.32 Å². The van der Waals surface area contributed by atoms with Crippen LogP contribution in [0.5, 0.6) is 0 Å². The van der Waals surface area contributed by atoms with Crippen LogP contribution in [-0.4, -0.2) is 41.1 Å². The Kier molecular flexibility index (Phi) is 4.78. The van der Waals surface area contributed by atoms with Crippen LogP contribution in [0.1, 0.15) is 33.6 Å². The Balaban J connectivity index is 2.51. The third kappa shape index (κ3) is 4.24. The average molecular weight is 242 g/mol. The molecule has 17 heavy (non-hydrogen) atoms. The molecule has 0 radical (unpaired) electrons. The lowest BCUT2D eigenvalue weighted by Gasteiger charge is -2.25. The Morgan fingerprint density at radius 3 is 2.35 bits per heavy atom. The van der Waals surface area contributed by atoms with E-state index in [0.717, 1.165) is 6.54 Å². The van der Waals surface area contributed by atoms with Gasteiger partial charge in [0.1, 0.15) is 6.04 Å². The molecule has 1 fully saturated rings. The van der Waals surface area contributed by atoms with Crippen molar-refractivity contribution in [1.29, 1.82) is 0 Å². The SMILES string of the molecule is CCN(CC1CC1)C(=O)NC(C(=O)O)C(C)C. The normalized spacial score (nSPS) is 16.7. The number of carbonyl (C=O) groups excluding carboxylic acids is 1. The third-order valence-corrected chi connectivity index (χ3v) is 3.06. The lowest BCUT2D eigenvalue weighted by Crippen LogP contribution is -2.50. The second-order valence-corrected chi connectivity index (χ2v) is 4.99. The second-order valence-electron chi connectivity index (χ2n) is 4.99. The molecule has 5 heteroatoms. The van der Waals surface area contributed by atoms with Crippen molar-refractivity contribution < 1.29 is 14.7 Å². The molecule has 0 spiro atoms. The predicted octanol–water partition coefficient (Wildman–Crippen LogP) is 1.54. The van der Waals surface area contributed by atoms with E-state index < -0.39 is 12.0 Å². The Hall–Kier alpha value is -1.26. The number of carboxylic acids is 1. The maximum Gasteiger partial charge on any atom is 0.326 e. The molecule has 2 N–H and O–H groups in total. The second kappa shape index (κ2) is 5.89. The van der Waals surface area contributed by atoms with Crippen molar-refractivity contribution >= 4 is 12.0 Å². The molecule has 1 aliphatic rings. The molecule has 0 saturated heterocycles. The monoisotopic (exact) mass is 242 g/mol. The minimum absolute atomic E-state index is 0.115. The molecular formula is C12H22N2O3. The summed E-state index contributed by atoms with van der Waals surface area (Å²) in [6.07, 6.45) is 2.35. The fourth-order valence-corrected chi connectivity index (χ4v) is 1.71. The van der Waals surface area contributed by atoms with Crippen molar-refractivity contribution in [2.75, 3.05) is 13.1 Å². The number of rotatable bonds is 6. The highest BCUT2D eigenvalue weighted by Gasteiger charge is 2.29. The fraction of sp³-hybridized carbons (Fsp3) is 0.833. The van der Waals surface area contributed by atoms with Gasteiger partial charge in [-0.3, -0.25) is 0 Å². The van der Waals surface area contributed by atoms with Gasteiger partial charge in [-0.15, -0.1) is 0 Å². The third-order valence-electron chi connectivity index (χ3n) is 3.06. The molecule has 98 valence electrons. The number of nitrogens with one attached hydrogen (secondary N) is 1. The number of carboxylic acid groups (broad SMARTS) is 1. The van der Waals surface area contributed by atoms with E-state index in [1.807, 2.05) is 6.92 Å². The maximum absolute atomic E-state index is 11.9. The van der Waals surface area contributed by atoms with Gasteiger partial charge in [-0.05, 0) is 31.6 Å². The summed E-state index contributed by atoms with van der Waals surface area (Å²) in [5, 5.41) is 11.6. The van der Waals surface area contributed by atoms with Gasteiger partial charge in [0.05, 0.1) is 0 Å². The summed E-state index contributed by atoms with van der Waals surface area (Å²) in [4.78, 5) is 24.6. The van der Waals surface area contributed by atoms with Crippen LogP contribution in [0, 0.1) is 11.8 Å². The van der Waals surface area contributed by atoms with Gasteiger partial charge >= 0.3 is 12.0 Å². The molecule has 2 amide bonds. The molecule has 5 nitrogen and oxygen atoms in total. The van der Waals surface area contributed by atoms with Gasteiger partial charge in [0.2, 0.25) is 0 Å². The summed E-state index contributed by atoms with van der Waals surface area (Å²) in [5.41, 5.74) is 0. The Morgan fingerprint density at radius 1 is 1.41 bits per heavy atom. The minimum Gasteiger partial charge on any atom is -0.480 e. The molecular weight excluding hydrogens is 220 g/mol. The van der Waals surface area contributed by atoms with E-state index >= 15 is 0 Å². The zero-order valence-electron chi connectivity index (χ0n) is 10.8. The number of amides is 2. The highest BCUT2D eigenvalue weighted by atomic mass is 16.4. The van der Waals surface area contributed by atoms with Crippen LogP contribution in [-0.2, 0) is 4.79 Å². The highest BCUT2D eigenvalue weighted by Crippen LogP contribution is 2.29. The van der Waals surface area contributed by atoms with Gasteiger partial charge in [0, 0.05) is 13.1 Å². The summed E-state index contributed by atoms with van der Waals surface area (Å²) >= 11 is 0. The van der Waals surface area contributed by atoms with Gasteiger partial charge in [-0.25, -0.2) is 9.59 Å². The van der Waals surface area contributed by atoms with Gasteiger partial charge < -0.3 is 15.3 Å². The summed E-state index contributed by atoms with van der Waals surface area (Å²) in [7, 11) is 0. The Labute approximate surface area is 102 Å². The van der Waals surface area contributed by atoms with Gasteiger partial charge in [0.25, 0.3) is 0 Å². The Morgan fingerprint density at radius 2 is 2.00 bits per heavy atom. The Bertz CT molecular complexity index is 287. The van der Waals surface area contributed by atoms with Crippen molar-refractivity contribution in [2.24, 2.45) is 11.8 Å². The molecule has 0 aromatic carbocycles. The standard InChI is InChI=1S/C12H22N2O3/c1-4-14(7-9-5-6-9)12(17)13-10(8(2)3)11(15)16/h8-10H,4-7H2,1-3H3,(H,13,17)(H,15,16). The molecule has 0 heterocycles. The molecule has 1 atom stereocenters. The van der Waals surface area contributed by atoms with E-state index in [0.29, 0.717) is 12.5 Å². The van der Waals surface area contributed by atoms with Crippen molar-refractivity contribution in [2.45, 2.75) is 39.7 Å². The first kappa shape index (κ1) is 13.8. The van der Waals surface area contributed by atoms with Crippen molar-refractivity contribution in [3.8, 4) is 0 Å². The van der Waals surface area contributed by atoms with Gasteiger partial charge in [0.15, 0.2) is 0 Å². The summed E-state index contributed by atoms with van der Waals surface area (Å²) in [5.74, 6) is -0.477. The minimum atomic E-state index is -0.976. The number of hydrogen-bond acceptors (Lipinski definition) is 2. The highest BCUT2D eigenvalue weighted by molar-refractivity contribution is 5.82. The molecule has 1 rings (SSSR count). The topological polar surface area (TPSA) is 69.6 Å². The number of urea groups is 1. The first-order valence-corrected chi connectivity index (χ1v) is 6.24. The average Bonchev–Trinajstić information content (AvgIpc) is 3.04. The fourth-order valence-electron chi connectivity index (χ4n) is 1.71. The van der Waals surface area contributed by atoms with E-state index in [9.17, 15) is 9.59 Å². The molecule has 1 aliphatic carbocycles. The zero-order valence-corrected chi connectivity index (χ0v) is 10.8. The first-order valence-electron chi connectivity index (χ1n) is 6.24. The molecule has 0 bridgehead atoms. The number of aliphatic carboxylic acids is 1. The smallest absolute Gasteiger partial charge is 0.326 e.